The average Bonchev–Trinajstić information content (AvgIpc) is 2.39. The molecular weight excluding hydrogens is 230 g/mol. The molecule has 0 bridgehead atoms. The van der Waals surface area contributed by atoms with Gasteiger partial charge in [0.2, 0.25) is 5.91 Å². The lowest BCUT2D eigenvalue weighted by molar-refractivity contribution is -0.126. The minimum Gasteiger partial charge on any atom is -0.383 e. The van der Waals surface area contributed by atoms with E-state index in [1.165, 1.54) is 0 Å². The average molecular weight is 257 g/mol. The SMILES string of the molecule is COCCNC(=O)C(C)N1CCC(CCN)CC1. The van der Waals surface area contributed by atoms with Gasteiger partial charge in [0.05, 0.1) is 12.6 Å². The molecule has 0 spiro atoms. The Morgan fingerprint density at radius 1 is 1.50 bits per heavy atom. The third-order valence-electron chi connectivity index (χ3n) is 3.76. The number of piperidine rings is 1. The van der Waals surface area contributed by atoms with Gasteiger partial charge in [-0.3, -0.25) is 9.69 Å². The fourth-order valence-electron chi connectivity index (χ4n) is 2.45. The molecule has 0 aromatic rings. The summed E-state index contributed by atoms with van der Waals surface area (Å²) in [6.45, 7) is 5.91. The Morgan fingerprint density at radius 3 is 2.72 bits per heavy atom. The van der Waals surface area contributed by atoms with Crippen molar-refractivity contribution in [3.05, 3.63) is 0 Å². The van der Waals surface area contributed by atoms with E-state index in [9.17, 15) is 4.79 Å². The number of hydrogen-bond acceptors (Lipinski definition) is 4. The summed E-state index contributed by atoms with van der Waals surface area (Å²) < 4.78 is 4.92. The molecule has 1 aliphatic rings. The van der Waals surface area contributed by atoms with Crippen molar-refractivity contribution in [1.82, 2.24) is 10.2 Å². The Bertz CT molecular complexity index is 240. The van der Waals surface area contributed by atoms with Crippen LogP contribution in [0.25, 0.3) is 0 Å². The van der Waals surface area contributed by atoms with Crippen molar-refractivity contribution < 1.29 is 9.53 Å². The van der Waals surface area contributed by atoms with Gasteiger partial charge in [0, 0.05) is 13.7 Å². The summed E-state index contributed by atoms with van der Waals surface area (Å²) >= 11 is 0. The maximum Gasteiger partial charge on any atom is 0.237 e. The van der Waals surface area contributed by atoms with Gasteiger partial charge in [-0.2, -0.15) is 0 Å². The van der Waals surface area contributed by atoms with Crippen molar-refractivity contribution in [2.24, 2.45) is 11.7 Å². The van der Waals surface area contributed by atoms with Crippen LogP contribution in [0.15, 0.2) is 0 Å². The number of amides is 1. The summed E-state index contributed by atoms with van der Waals surface area (Å²) in [5.41, 5.74) is 5.58. The summed E-state index contributed by atoms with van der Waals surface area (Å²) in [7, 11) is 1.64. The van der Waals surface area contributed by atoms with Gasteiger partial charge < -0.3 is 15.8 Å². The summed E-state index contributed by atoms with van der Waals surface area (Å²) in [6, 6.07) is -0.0410. The zero-order chi connectivity index (χ0) is 13.4. The van der Waals surface area contributed by atoms with Crippen LogP contribution < -0.4 is 11.1 Å². The molecule has 5 nitrogen and oxygen atoms in total. The molecule has 1 atom stereocenters. The zero-order valence-electron chi connectivity index (χ0n) is 11.7. The first-order valence-electron chi connectivity index (χ1n) is 6.89. The minimum absolute atomic E-state index is 0.0410. The molecule has 1 rings (SSSR count). The number of carbonyl (C=O) groups excluding carboxylic acids is 1. The lowest BCUT2D eigenvalue weighted by atomic mass is 9.93. The second-order valence-corrected chi connectivity index (χ2v) is 5.02. The summed E-state index contributed by atoms with van der Waals surface area (Å²) in [5, 5.41) is 2.89. The van der Waals surface area contributed by atoms with Crippen LogP contribution in [-0.4, -0.2) is 56.7 Å². The first-order chi connectivity index (χ1) is 8.69. The zero-order valence-corrected chi connectivity index (χ0v) is 11.7. The van der Waals surface area contributed by atoms with Crippen molar-refractivity contribution in [3.8, 4) is 0 Å². The lowest BCUT2D eigenvalue weighted by Crippen LogP contribution is -2.48. The Kier molecular flexibility index (Phi) is 7.23. The van der Waals surface area contributed by atoms with Crippen molar-refractivity contribution in [1.29, 1.82) is 0 Å². The van der Waals surface area contributed by atoms with E-state index in [1.807, 2.05) is 6.92 Å². The van der Waals surface area contributed by atoms with Gasteiger partial charge in [-0.15, -0.1) is 0 Å². The highest BCUT2D eigenvalue weighted by Crippen LogP contribution is 2.21. The highest BCUT2D eigenvalue weighted by molar-refractivity contribution is 5.81. The van der Waals surface area contributed by atoms with Crippen LogP contribution in [0.4, 0.5) is 0 Å². The molecule has 1 fully saturated rings. The third kappa shape index (κ3) is 4.92. The molecule has 1 aliphatic heterocycles. The summed E-state index contributed by atoms with van der Waals surface area (Å²) in [4.78, 5) is 14.2. The molecular formula is C13H27N3O2. The number of nitrogens with zero attached hydrogens (tertiary/aromatic N) is 1. The molecule has 18 heavy (non-hydrogen) atoms. The Labute approximate surface area is 110 Å². The van der Waals surface area contributed by atoms with E-state index in [4.69, 9.17) is 10.5 Å². The smallest absolute Gasteiger partial charge is 0.237 e. The van der Waals surface area contributed by atoms with E-state index in [1.54, 1.807) is 7.11 Å². The second kappa shape index (κ2) is 8.45. The number of nitrogens with two attached hydrogens (primary N) is 1. The second-order valence-electron chi connectivity index (χ2n) is 5.02. The predicted octanol–water partition coefficient (Wildman–Crippen LogP) is 0.198. The summed E-state index contributed by atoms with van der Waals surface area (Å²) in [5.74, 6) is 0.847. The largest absolute Gasteiger partial charge is 0.383 e. The fraction of sp³-hybridized carbons (Fsp3) is 0.923. The molecule has 1 heterocycles. The van der Waals surface area contributed by atoms with E-state index in [0.29, 0.717) is 13.2 Å². The van der Waals surface area contributed by atoms with Crippen molar-refractivity contribution in [3.63, 3.8) is 0 Å². The molecule has 0 aromatic heterocycles. The standard InChI is InChI=1S/C13H27N3O2/c1-11(13(17)15-7-10-18-2)16-8-4-12(3-6-14)5-9-16/h11-12H,3-10,14H2,1-2H3,(H,15,17). The molecule has 1 amide bonds. The van der Waals surface area contributed by atoms with Gasteiger partial charge in [-0.1, -0.05) is 0 Å². The van der Waals surface area contributed by atoms with E-state index < -0.39 is 0 Å². The van der Waals surface area contributed by atoms with Gasteiger partial charge in [0.15, 0.2) is 0 Å². The molecule has 106 valence electrons. The van der Waals surface area contributed by atoms with Crippen molar-refractivity contribution in [2.75, 3.05) is 39.9 Å². The van der Waals surface area contributed by atoms with Crippen LogP contribution in [0.2, 0.25) is 0 Å². The van der Waals surface area contributed by atoms with Crippen LogP contribution in [0.5, 0.6) is 0 Å². The molecule has 0 saturated carbocycles. The van der Waals surface area contributed by atoms with Gasteiger partial charge in [-0.05, 0) is 51.7 Å². The fourth-order valence-corrected chi connectivity index (χ4v) is 2.45. The summed E-state index contributed by atoms with van der Waals surface area (Å²) in [6.07, 6.45) is 3.43. The van der Waals surface area contributed by atoms with Crippen LogP contribution in [0.3, 0.4) is 0 Å². The molecule has 1 unspecified atom stereocenters. The van der Waals surface area contributed by atoms with Gasteiger partial charge in [-0.25, -0.2) is 0 Å². The number of rotatable bonds is 7. The van der Waals surface area contributed by atoms with Crippen LogP contribution in [0.1, 0.15) is 26.2 Å². The molecule has 5 heteroatoms. The number of methoxy groups -OCH3 is 1. The maximum absolute atomic E-state index is 11.9. The normalized spacial score (nSPS) is 19.7. The van der Waals surface area contributed by atoms with Crippen molar-refractivity contribution >= 4 is 5.91 Å². The Hall–Kier alpha value is -0.650. The quantitative estimate of drug-likeness (QED) is 0.639. The monoisotopic (exact) mass is 257 g/mol. The van der Waals surface area contributed by atoms with Crippen molar-refractivity contribution in [2.45, 2.75) is 32.2 Å². The molecule has 0 aliphatic carbocycles. The first kappa shape index (κ1) is 15.4. The molecule has 3 N–H and O–H groups in total. The van der Waals surface area contributed by atoms with Crippen LogP contribution >= 0.6 is 0 Å². The van der Waals surface area contributed by atoms with Gasteiger partial charge >= 0.3 is 0 Å². The maximum atomic E-state index is 11.9. The Morgan fingerprint density at radius 2 is 2.17 bits per heavy atom. The third-order valence-corrected chi connectivity index (χ3v) is 3.76. The molecule has 1 saturated heterocycles. The Balaban J connectivity index is 2.26. The molecule has 0 radical (unpaired) electrons. The number of ether oxygens (including phenoxy) is 1. The van der Waals surface area contributed by atoms with Gasteiger partial charge in [0.25, 0.3) is 0 Å². The van der Waals surface area contributed by atoms with E-state index in [-0.39, 0.29) is 11.9 Å². The number of nitrogens with one attached hydrogen (secondary N) is 1. The lowest BCUT2D eigenvalue weighted by Gasteiger charge is -2.35. The van der Waals surface area contributed by atoms with Crippen LogP contribution in [-0.2, 0) is 9.53 Å². The van der Waals surface area contributed by atoms with E-state index >= 15 is 0 Å². The number of carbonyl (C=O) groups is 1. The van der Waals surface area contributed by atoms with E-state index in [2.05, 4.69) is 10.2 Å². The highest BCUT2D eigenvalue weighted by Gasteiger charge is 2.25. The topological polar surface area (TPSA) is 67.6 Å². The minimum atomic E-state index is -0.0410. The first-order valence-corrected chi connectivity index (χ1v) is 6.89. The van der Waals surface area contributed by atoms with Crippen LogP contribution in [0, 0.1) is 5.92 Å². The predicted molar refractivity (Wildman–Crippen MR) is 72.3 cm³/mol. The van der Waals surface area contributed by atoms with E-state index in [0.717, 1.165) is 44.8 Å². The van der Waals surface area contributed by atoms with Gasteiger partial charge in [0.1, 0.15) is 0 Å². The number of likely N-dealkylation sites (tertiary alicyclic amines) is 1. The highest BCUT2D eigenvalue weighted by atomic mass is 16.5. The molecule has 0 aromatic carbocycles. The number of hydrogen-bond donors (Lipinski definition) is 2.